The number of hydrogen-bond acceptors (Lipinski definition) is 19. The van der Waals surface area contributed by atoms with E-state index in [0.717, 1.165) is 17.9 Å². The smallest absolute Gasteiger partial charge is 0.303 e. The molecule has 2 amide bonds. The van der Waals surface area contributed by atoms with Gasteiger partial charge in [-0.3, -0.25) is 33.4 Å². The summed E-state index contributed by atoms with van der Waals surface area (Å²) in [5.41, 5.74) is 11.3. The van der Waals surface area contributed by atoms with Crippen molar-refractivity contribution in [2.75, 3.05) is 36.9 Å². The number of benzene rings is 3. The number of nitrogens with two attached hydrogens (primary N) is 1. The Labute approximate surface area is 419 Å². The second-order valence-electron chi connectivity index (χ2n) is 16.5. The van der Waals surface area contributed by atoms with Crippen molar-refractivity contribution in [2.45, 2.75) is 51.6 Å². The molecule has 0 saturated heterocycles. The lowest BCUT2D eigenvalue weighted by molar-refractivity contribution is -0.138. The largest absolute Gasteiger partial charge is 0.494 e. The van der Waals surface area contributed by atoms with Gasteiger partial charge in [-0.05, 0) is 92.9 Å². The van der Waals surface area contributed by atoms with Gasteiger partial charge in [0.1, 0.15) is 11.5 Å². The summed E-state index contributed by atoms with van der Waals surface area (Å²) in [5, 5.41) is 48.9. The molecule has 6 N–H and O–H groups in total. The van der Waals surface area contributed by atoms with E-state index in [4.69, 9.17) is 25.4 Å². The number of carbonyl (C=O) groups is 4. The molecular weight excluding hydrogens is 957 g/mol. The van der Waals surface area contributed by atoms with Crippen LogP contribution in [0, 0.1) is 0 Å². The first-order valence-corrected chi connectivity index (χ1v) is 23.4. The van der Waals surface area contributed by atoms with Gasteiger partial charge in [0.25, 0.3) is 11.8 Å². The average Bonchev–Trinajstić information content (AvgIpc) is 4.26. The number of carbonyl (C=O) groups excluding carboxylic acids is 2. The van der Waals surface area contributed by atoms with Crippen molar-refractivity contribution in [3.8, 4) is 22.9 Å². The highest BCUT2D eigenvalue weighted by Crippen LogP contribution is 2.25. The molecule has 0 unspecified atom stereocenters. The SMILES string of the molecule is NCCCOc1ccc(-n2nnc3cnc(Nc4cnn(CCCC(=O)O)c4)nc32)cc1.O=C(O)CCCn1cc(Nc2ncc3nnn(-c4ccc(OCCCN5C(=O)c6ccccc6C5=O)cc4)c3n2)cn1. The number of aromatic nitrogens is 14. The van der Waals surface area contributed by atoms with Gasteiger partial charge >= 0.3 is 11.9 Å². The first-order chi connectivity index (χ1) is 36.1. The minimum Gasteiger partial charge on any atom is -0.494 e. The highest BCUT2D eigenvalue weighted by Gasteiger charge is 2.34. The quantitative estimate of drug-likeness (QED) is 0.0423. The van der Waals surface area contributed by atoms with Crippen LogP contribution in [0.4, 0.5) is 23.3 Å². The molecule has 0 fully saturated rings. The fraction of sp³-hybridized carbons (Fsp3) is 0.250. The summed E-state index contributed by atoms with van der Waals surface area (Å²) < 4.78 is 18.0. The molecule has 0 saturated carbocycles. The predicted molar refractivity (Wildman–Crippen MR) is 265 cm³/mol. The van der Waals surface area contributed by atoms with Crippen LogP contribution in [0.2, 0.25) is 0 Å². The molecule has 3 aromatic carbocycles. The van der Waals surface area contributed by atoms with Crippen molar-refractivity contribution < 1.29 is 38.9 Å². The normalized spacial score (nSPS) is 11.9. The molecule has 26 heteroatoms. The lowest BCUT2D eigenvalue weighted by atomic mass is 10.1. The van der Waals surface area contributed by atoms with Crippen molar-refractivity contribution in [3.63, 3.8) is 0 Å². The monoisotopic (exact) mass is 1000 g/mol. The van der Waals surface area contributed by atoms with Gasteiger partial charge in [0.05, 0.1) is 71.9 Å². The Morgan fingerprint density at radius 2 is 1.04 bits per heavy atom. The van der Waals surface area contributed by atoms with Crippen molar-refractivity contribution in [1.29, 1.82) is 0 Å². The molecule has 10 rings (SSSR count). The summed E-state index contributed by atoms with van der Waals surface area (Å²) in [6.07, 6.45) is 12.4. The van der Waals surface area contributed by atoms with Gasteiger partial charge in [0.15, 0.2) is 22.3 Å². The maximum atomic E-state index is 12.5. The van der Waals surface area contributed by atoms with Gasteiger partial charge < -0.3 is 36.1 Å². The molecule has 0 atom stereocenters. The highest BCUT2D eigenvalue weighted by atomic mass is 16.5. The lowest BCUT2D eigenvalue weighted by Crippen LogP contribution is -2.31. The van der Waals surface area contributed by atoms with Crippen LogP contribution in [-0.2, 0) is 22.7 Å². The number of carboxylic acids is 2. The molecular formula is C48H48N18O8. The number of anilines is 4. The van der Waals surface area contributed by atoms with Crippen LogP contribution >= 0.6 is 0 Å². The second kappa shape index (κ2) is 23.0. The van der Waals surface area contributed by atoms with Crippen LogP contribution in [-0.4, -0.2) is 135 Å². The number of aryl methyl sites for hydroxylation is 2. The van der Waals surface area contributed by atoms with Crippen LogP contribution in [0.1, 0.15) is 59.2 Å². The number of aliphatic carboxylic acids is 2. The molecule has 9 aromatic rings. The fourth-order valence-electron chi connectivity index (χ4n) is 7.56. The molecule has 0 aliphatic carbocycles. The maximum Gasteiger partial charge on any atom is 0.303 e. The number of hydrogen-bond donors (Lipinski definition) is 5. The zero-order valence-corrected chi connectivity index (χ0v) is 39.5. The Bertz CT molecular complexity index is 3370. The zero-order chi connectivity index (χ0) is 51.4. The van der Waals surface area contributed by atoms with Crippen LogP contribution in [0.15, 0.2) is 110 Å². The summed E-state index contributed by atoms with van der Waals surface area (Å²) in [5.74, 6) is -0.132. The average molecular weight is 1010 g/mol. The van der Waals surface area contributed by atoms with E-state index < -0.39 is 11.9 Å². The Morgan fingerprint density at radius 1 is 0.581 bits per heavy atom. The molecule has 0 spiro atoms. The Balaban J connectivity index is 0.000000189. The van der Waals surface area contributed by atoms with E-state index in [1.807, 2.05) is 36.4 Å². The third-order valence-corrected chi connectivity index (χ3v) is 11.2. The van der Waals surface area contributed by atoms with E-state index in [1.54, 1.807) is 92.3 Å². The summed E-state index contributed by atoms with van der Waals surface area (Å²) in [6, 6.07) is 21.5. The minimum atomic E-state index is -0.841. The Hall–Kier alpha value is -9.72. The predicted octanol–water partition coefficient (Wildman–Crippen LogP) is 4.82. The molecule has 0 radical (unpaired) electrons. The van der Waals surface area contributed by atoms with Crippen LogP contribution in [0.3, 0.4) is 0 Å². The van der Waals surface area contributed by atoms with Crippen LogP contribution in [0.25, 0.3) is 33.7 Å². The van der Waals surface area contributed by atoms with E-state index in [2.05, 4.69) is 61.4 Å². The maximum absolute atomic E-state index is 12.5. The van der Waals surface area contributed by atoms with Crippen molar-refractivity contribution >= 4 is 69.4 Å². The number of fused-ring (bicyclic) bond motifs is 3. The van der Waals surface area contributed by atoms with Crippen LogP contribution in [0.5, 0.6) is 11.5 Å². The number of ether oxygens (including phenoxy) is 2. The topological polar surface area (TPSA) is 329 Å². The van der Waals surface area contributed by atoms with Gasteiger partial charge in [0.2, 0.25) is 11.9 Å². The molecule has 0 bridgehead atoms. The number of nitrogens with zero attached hydrogens (tertiary/aromatic N) is 15. The van der Waals surface area contributed by atoms with Crippen molar-refractivity contribution in [2.24, 2.45) is 5.73 Å². The number of rotatable bonds is 23. The van der Waals surface area contributed by atoms with Crippen molar-refractivity contribution in [3.05, 3.63) is 121 Å². The number of imide groups is 1. The molecule has 74 heavy (non-hydrogen) atoms. The molecule has 7 heterocycles. The van der Waals surface area contributed by atoms with Gasteiger partial charge in [-0.2, -0.15) is 29.5 Å². The molecule has 26 nitrogen and oxygen atoms in total. The van der Waals surface area contributed by atoms with Crippen molar-refractivity contribution in [1.82, 2.24) is 74.4 Å². The third kappa shape index (κ3) is 12.1. The minimum absolute atomic E-state index is 0.0746. The van der Waals surface area contributed by atoms with E-state index in [0.29, 0.717) is 120 Å². The molecule has 378 valence electrons. The van der Waals surface area contributed by atoms with E-state index in [9.17, 15) is 19.2 Å². The molecule has 1 aliphatic rings. The molecule has 1 aliphatic heterocycles. The Kier molecular flexibility index (Phi) is 15.3. The number of amides is 2. The summed E-state index contributed by atoms with van der Waals surface area (Å²) in [4.78, 5) is 65.3. The van der Waals surface area contributed by atoms with E-state index in [-0.39, 0.29) is 31.2 Å². The Morgan fingerprint density at radius 3 is 1.49 bits per heavy atom. The standard InChI is InChI=1S/C28H25N9O5.C20H23N9O3/c38-24(39)7-3-12-35-17-18(15-30-35)31-28-29-16-23-25(32-28)37(34-33-23)19-8-10-20(11-9-19)42-14-4-13-36-26(40)21-5-1-2-6-22(21)27(36)41;21-8-2-10-32-16-6-4-15(5-7-16)29-19-17(26-27-29)12-22-20(25-19)24-14-11-23-28(13-14)9-1-3-18(30)31/h1-2,5-6,8-11,15-17H,3-4,7,12-14H2,(H,38,39)(H,29,31,32);4-7,11-13H,1-3,8-10,21H2,(H,30,31)(H,22,24,25). The van der Waals surface area contributed by atoms with Gasteiger partial charge in [0, 0.05) is 44.9 Å². The second-order valence-corrected chi connectivity index (χ2v) is 16.5. The zero-order valence-electron chi connectivity index (χ0n) is 39.5. The summed E-state index contributed by atoms with van der Waals surface area (Å²) in [7, 11) is 0. The van der Waals surface area contributed by atoms with Crippen LogP contribution < -0.4 is 25.8 Å². The van der Waals surface area contributed by atoms with E-state index >= 15 is 0 Å². The first-order valence-electron chi connectivity index (χ1n) is 23.4. The fourth-order valence-corrected chi connectivity index (χ4v) is 7.56. The highest BCUT2D eigenvalue weighted by molar-refractivity contribution is 6.21. The van der Waals surface area contributed by atoms with Gasteiger partial charge in [-0.25, -0.2) is 9.97 Å². The molecule has 6 aromatic heterocycles. The third-order valence-electron chi connectivity index (χ3n) is 11.2. The summed E-state index contributed by atoms with van der Waals surface area (Å²) in [6.45, 7) is 2.76. The lowest BCUT2D eigenvalue weighted by Gasteiger charge is -2.14. The van der Waals surface area contributed by atoms with E-state index in [1.165, 1.54) is 4.90 Å². The van der Waals surface area contributed by atoms with Gasteiger partial charge in [-0.15, -0.1) is 10.2 Å². The van der Waals surface area contributed by atoms with Gasteiger partial charge in [-0.1, -0.05) is 22.6 Å². The number of carboxylic acid groups (broad SMARTS) is 2. The number of nitrogens with one attached hydrogen (secondary N) is 2. The summed E-state index contributed by atoms with van der Waals surface area (Å²) >= 11 is 0. The first kappa shape index (κ1) is 49.3.